The Labute approximate surface area is 153 Å². The average Bonchev–Trinajstić information content (AvgIpc) is 2.82. The van der Waals surface area contributed by atoms with E-state index in [-0.39, 0.29) is 11.9 Å². The van der Waals surface area contributed by atoms with Crippen LogP contribution in [0.3, 0.4) is 0 Å². The number of anilines is 1. The largest absolute Gasteiger partial charge is 0.492 e. The van der Waals surface area contributed by atoms with Crippen LogP contribution in [0.4, 0.5) is 5.69 Å². The van der Waals surface area contributed by atoms with Crippen molar-refractivity contribution in [3.05, 3.63) is 40.7 Å². The van der Waals surface area contributed by atoms with Gasteiger partial charge in [-0.25, -0.2) is 0 Å². The van der Waals surface area contributed by atoms with E-state index in [1.54, 1.807) is 16.8 Å². The van der Waals surface area contributed by atoms with Crippen LogP contribution >= 0.6 is 11.6 Å². The lowest BCUT2D eigenvalue weighted by Gasteiger charge is -2.24. The fraction of sp³-hybridized carbons (Fsp3) is 0.444. The molecule has 1 unspecified atom stereocenters. The highest BCUT2D eigenvalue weighted by Gasteiger charge is 2.20. The highest BCUT2D eigenvalue weighted by Crippen LogP contribution is 2.19. The smallest absolute Gasteiger partial charge is 0.241 e. The second-order valence-electron chi connectivity index (χ2n) is 6.12. The Kier molecular flexibility index (Phi) is 6.45. The molecule has 1 amide bonds. The Hall–Kier alpha value is -2.05. The molecule has 0 fully saturated rings. The van der Waals surface area contributed by atoms with Crippen molar-refractivity contribution in [2.24, 2.45) is 7.05 Å². The molecule has 0 spiro atoms. The summed E-state index contributed by atoms with van der Waals surface area (Å²) in [6.07, 6.45) is 0. The number of halogens is 1. The molecule has 136 valence electrons. The first kappa shape index (κ1) is 19.3. The summed E-state index contributed by atoms with van der Waals surface area (Å²) < 4.78 is 7.44. The van der Waals surface area contributed by atoms with E-state index in [2.05, 4.69) is 10.4 Å². The number of aromatic nitrogens is 2. The first-order chi connectivity index (χ1) is 11.8. The van der Waals surface area contributed by atoms with Gasteiger partial charge in [0.05, 0.1) is 23.1 Å². The monoisotopic (exact) mass is 364 g/mol. The van der Waals surface area contributed by atoms with Crippen LogP contribution in [0, 0.1) is 13.8 Å². The topological polar surface area (TPSA) is 59.4 Å². The van der Waals surface area contributed by atoms with Gasteiger partial charge in [0.2, 0.25) is 5.91 Å². The van der Waals surface area contributed by atoms with E-state index < -0.39 is 0 Å². The molecule has 0 aliphatic carbocycles. The number of ether oxygens (including phenoxy) is 1. The summed E-state index contributed by atoms with van der Waals surface area (Å²) in [5, 5.41) is 7.97. The second kappa shape index (κ2) is 8.36. The molecule has 0 saturated heterocycles. The molecule has 0 aliphatic heterocycles. The lowest BCUT2D eigenvalue weighted by Crippen LogP contribution is -2.41. The van der Waals surface area contributed by atoms with E-state index in [0.29, 0.717) is 18.2 Å². The van der Waals surface area contributed by atoms with Gasteiger partial charge in [-0.3, -0.25) is 14.4 Å². The second-order valence-corrected chi connectivity index (χ2v) is 6.55. The van der Waals surface area contributed by atoms with Crippen LogP contribution < -0.4 is 10.1 Å². The molecule has 2 rings (SSSR count). The van der Waals surface area contributed by atoms with Crippen molar-refractivity contribution >= 4 is 23.2 Å². The lowest BCUT2D eigenvalue weighted by molar-refractivity contribution is -0.120. The van der Waals surface area contributed by atoms with Crippen LogP contribution in [-0.4, -0.2) is 46.8 Å². The summed E-state index contributed by atoms with van der Waals surface area (Å²) in [7, 11) is 3.76. The van der Waals surface area contributed by atoms with Crippen molar-refractivity contribution in [1.82, 2.24) is 14.7 Å². The molecule has 2 aromatic rings. The molecule has 6 nitrogen and oxygen atoms in total. The summed E-state index contributed by atoms with van der Waals surface area (Å²) in [6, 6.07) is 6.94. The Morgan fingerprint density at radius 1 is 1.36 bits per heavy atom. The maximum Gasteiger partial charge on any atom is 0.241 e. The number of benzene rings is 1. The van der Waals surface area contributed by atoms with Crippen LogP contribution in [0.15, 0.2) is 24.3 Å². The van der Waals surface area contributed by atoms with Gasteiger partial charge in [-0.15, -0.1) is 0 Å². The normalized spacial score (nSPS) is 12.3. The highest BCUT2D eigenvalue weighted by molar-refractivity contribution is 6.30. The standard InChI is InChI=1S/C18H25ClN4O2/c1-12-17(13(2)23(5)21-12)20-18(24)14(3)22(4)10-11-25-16-8-6-15(19)7-9-16/h6-9,14H,10-11H2,1-5H3,(H,20,24). The van der Waals surface area contributed by atoms with E-state index in [1.807, 2.05) is 51.9 Å². The first-order valence-electron chi connectivity index (χ1n) is 8.19. The Bertz CT molecular complexity index is 727. The predicted octanol–water partition coefficient (Wildman–Crippen LogP) is 3.03. The quantitative estimate of drug-likeness (QED) is 0.820. The third-order valence-electron chi connectivity index (χ3n) is 4.32. The van der Waals surface area contributed by atoms with Crippen LogP contribution in [0.2, 0.25) is 5.02 Å². The van der Waals surface area contributed by atoms with Gasteiger partial charge in [0, 0.05) is 18.6 Å². The number of hydrogen-bond donors (Lipinski definition) is 1. The average molecular weight is 365 g/mol. The lowest BCUT2D eigenvalue weighted by atomic mass is 10.2. The minimum Gasteiger partial charge on any atom is -0.492 e. The molecule has 0 saturated carbocycles. The van der Waals surface area contributed by atoms with Gasteiger partial charge in [0.25, 0.3) is 0 Å². The van der Waals surface area contributed by atoms with E-state index in [9.17, 15) is 4.79 Å². The molecule has 1 N–H and O–H groups in total. The molecule has 0 radical (unpaired) electrons. The van der Waals surface area contributed by atoms with Crippen LogP contribution in [0.5, 0.6) is 5.75 Å². The summed E-state index contributed by atoms with van der Waals surface area (Å²) >= 11 is 5.85. The molecule has 1 aromatic heterocycles. The minimum absolute atomic E-state index is 0.0619. The molecular weight excluding hydrogens is 340 g/mol. The maximum absolute atomic E-state index is 12.5. The van der Waals surface area contributed by atoms with E-state index in [1.165, 1.54) is 0 Å². The number of rotatable bonds is 7. The third-order valence-corrected chi connectivity index (χ3v) is 4.58. The Morgan fingerprint density at radius 2 is 2.00 bits per heavy atom. The zero-order valence-electron chi connectivity index (χ0n) is 15.3. The van der Waals surface area contributed by atoms with Crippen molar-refractivity contribution in [1.29, 1.82) is 0 Å². The van der Waals surface area contributed by atoms with Gasteiger partial charge in [0.1, 0.15) is 12.4 Å². The number of likely N-dealkylation sites (N-methyl/N-ethyl adjacent to an activating group) is 1. The van der Waals surface area contributed by atoms with Gasteiger partial charge in [-0.1, -0.05) is 11.6 Å². The highest BCUT2D eigenvalue weighted by atomic mass is 35.5. The maximum atomic E-state index is 12.5. The van der Waals surface area contributed by atoms with Crippen molar-refractivity contribution in [3.63, 3.8) is 0 Å². The summed E-state index contributed by atoms with van der Waals surface area (Å²) in [5.41, 5.74) is 2.53. The summed E-state index contributed by atoms with van der Waals surface area (Å²) in [4.78, 5) is 14.4. The first-order valence-corrected chi connectivity index (χ1v) is 8.57. The summed E-state index contributed by atoms with van der Waals surface area (Å²) in [5.74, 6) is 0.699. The number of amides is 1. The Morgan fingerprint density at radius 3 is 2.56 bits per heavy atom. The van der Waals surface area contributed by atoms with Crippen molar-refractivity contribution in [2.75, 3.05) is 25.5 Å². The molecule has 0 bridgehead atoms. The fourth-order valence-electron chi connectivity index (χ4n) is 2.41. The van der Waals surface area contributed by atoms with Crippen molar-refractivity contribution in [2.45, 2.75) is 26.8 Å². The van der Waals surface area contributed by atoms with E-state index in [4.69, 9.17) is 16.3 Å². The number of nitrogens with one attached hydrogen (secondary N) is 1. The number of aryl methyl sites for hydroxylation is 2. The predicted molar refractivity (Wildman–Crippen MR) is 100 cm³/mol. The SMILES string of the molecule is Cc1nn(C)c(C)c1NC(=O)C(C)N(C)CCOc1ccc(Cl)cc1. The number of carbonyl (C=O) groups is 1. The summed E-state index contributed by atoms with van der Waals surface area (Å²) in [6.45, 7) is 6.81. The molecule has 0 aliphatic rings. The van der Waals surface area contributed by atoms with Crippen molar-refractivity contribution in [3.8, 4) is 5.75 Å². The van der Waals surface area contributed by atoms with Crippen LogP contribution in [0.1, 0.15) is 18.3 Å². The van der Waals surface area contributed by atoms with Gasteiger partial charge in [-0.05, 0) is 52.1 Å². The van der Waals surface area contributed by atoms with Crippen LogP contribution in [-0.2, 0) is 11.8 Å². The molecular formula is C18H25ClN4O2. The molecule has 1 heterocycles. The molecule has 1 atom stereocenters. The third kappa shape index (κ3) is 4.96. The fourth-order valence-corrected chi connectivity index (χ4v) is 2.54. The van der Waals surface area contributed by atoms with E-state index >= 15 is 0 Å². The van der Waals surface area contributed by atoms with Gasteiger partial charge in [-0.2, -0.15) is 5.10 Å². The van der Waals surface area contributed by atoms with Crippen molar-refractivity contribution < 1.29 is 9.53 Å². The number of hydrogen-bond acceptors (Lipinski definition) is 4. The molecule has 7 heteroatoms. The van der Waals surface area contributed by atoms with E-state index in [0.717, 1.165) is 22.8 Å². The molecule has 25 heavy (non-hydrogen) atoms. The van der Waals surface area contributed by atoms with Crippen LogP contribution in [0.25, 0.3) is 0 Å². The zero-order chi connectivity index (χ0) is 18.6. The van der Waals surface area contributed by atoms with Gasteiger partial charge in [0.15, 0.2) is 0 Å². The number of carbonyl (C=O) groups excluding carboxylic acids is 1. The number of nitrogens with zero attached hydrogens (tertiary/aromatic N) is 3. The van der Waals surface area contributed by atoms with Gasteiger partial charge < -0.3 is 10.1 Å². The Balaban J connectivity index is 1.85. The minimum atomic E-state index is -0.284. The van der Waals surface area contributed by atoms with Gasteiger partial charge >= 0.3 is 0 Å². The zero-order valence-corrected chi connectivity index (χ0v) is 16.1. The molecule has 1 aromatic carbocycles.